The third-order valence-electron chi connectivity index (χ3n) is 4.15. The van der Waals surface area contributed by atoms with Crippen LogP contribution in [0.3, 0.4) is 0 Å². The molecule has 0 saturated carbocycles. The van der Waals surface area contributed by atoms with E-state index in [0.717, 1.165) is 22.3 Å². The summed E-state index contributed by atoms with van der Waals surface area (Å²) in [7, 11) is 1.66. The van der Waals surface area contributed by atoms with Crippen LogP contribution in [0.15, 0.2) is 33.7 Å². The number of para-hydroxylation sites is 1. The van der Waals surface area contributed by atoms with Gasteiger partial charge in [-0.1, -0.05) is 18.2 Å². The first-order valence-electron chi connectivity index (χ1n) is 8.10. The molecule has 1 aliphatic rings. The van der Waals surface area contributed by atoms with Crippen LogP contribution in [0, 0.1) is 6.92 Å². The fraction of sp³-hybridized carbons (Fsp3) is 0.353. The minimum Gasteiger partial charge on any atom is -0.459 e. The van der Waals surface area contributed by atoms with Crippen molar-refractivity contribution in [2.45, 2.75) is 13.5 Å². The van der Waals surface area contributed by atoms with Crippen molar-refractivity contribution in [1.82, 2.24) is 20.9 Å². The first kappa shape index (κ1) is 16.8. The van der Waals surface area contributed by atoms with Crippen molar-refractivity contribution in [3.63, 3.8) is 0 Å². The van der Waals surface area contributed by atoms with Gasteiger partial charge in [0.2, 0.25) is 5.91 Å². The van der Waals surface area contributed by atoms with Gasteiger partial charge in [-0.25, -0.2) is 4.79 Å². The average Bonchev–Trinajstić information content (AvgIpc) is 3.11. The number of nitrogens with one attached hydrogen (secondary N) is 3. The van der Waals surface area contributed by atoms with Crippen LogP contribution in [-0.4, -0.2) is 49.5 Å². The summed E-state index contributed by atoms with van der Waals surface area (Å²) in [5.41, 5.74) is 1.95. The van der Waals surface area contributed by atoms with Crippen LogP contribution in [0.4, 0.5) is 4.79 Å². The van der Waals surface area contributed by atoms with E-state index in [0.29, 0.717) is 19.0 Å². The summed E-state index contributed by atoms with van der Waals surface area (Å²) in [6.45, 7) is 3.28. The molecule has 0 unspecified atom stereocenters. The van der Waals surface area contributed by atoms with E-state index in [1.54, 1.807) is 7.05 Å². The van der Waals surface area contributed by atoms with Crippen molar-refractivity contribution in [3.05, 3.63) is 35.6 Å². The van der Waals surface area contributed by atoms with Crippen molar-refractivity contribution in [2.75, 3.05) is 26.7 Å². The maximum absolute atomic E-state index is 11.5. The monoisotopic (exact) mass is 343 g/mol. The highest BCUT2D eigenvalue weighted by Crippen LogP contribution is 2.24. The Hall–Kier alpha value is -3.03. The molecule has 1 saturated heterocycles. The van der Waals surface area contributed by atoms with Crippen LogP contribution in [0.25, 0.3) is 11.0 Å². The molecule has 0 atom stereocenters. The second-order valence-corrected chi connectivity index (χ2v) is 5.70. The molecule has 2 aromatic rings. The Morgan fingerprint density at radius 1 is 1.32 bits per heavy atom. The highest BCUT2D eigenvalue weighted by atomic mass is 16.3. The molecule has 3 amide bonds. The number of carbonyl (C=O) groups excluding carboxylic acids is 2. The lowest BCUT2D eigenvalue weighted by Gasteiger charge is -2.15. The summed E-state index contributed by atoms with van der Waals surface area (Å²) in [6, 6.07) is 7.55. The number of hydrogen-bond acceptors (Lipinski definition) is 4. The number of urea groups is 1. The lowest BCUT2D eigenvalue weighted by molar-refractivity contribution is -0.124. The predicted octanol–water partition coefficient (Wildman–Crippen LogP) is 0.958. The summed E-state index contributed by atoms with van der Waals surface area (Å²) in [4.78, 5) is 28.3. The number of nitrogens with zero attached hydrogens (tertiary/aromatic N) is 2. The molecule has 8 nitrogen and oxygen atoms in total. The van der Waals surface area contributed by atoms with Gasteiger partial charge in [-0.05, 0) is 13.0 Å². The summed E-state index contributed by atoms with van der Waals surface area (Å²) in [6.07, 6.45) is 0. The van der Waals surface area contributed by atoms with Crippen molar-refractivity contribution < 1.29 is 14.0 Å². The van der Waals surface area contributed by atoms with E-state index in [1.165, 1.54) is 4.90 Å². The first-order chi connectivity index (χ1) is 12.1. The molecule has 1 aromatic carbocycles. The Labute approximate surface area is 145 Å². The standard InChI is InChI=1S/C17H21N5O3/c1-11-12-5-3-4-6-13(12)25-14(11)9-20-16(18-2)19-7-8-22-15(23)10-21-17(22)24/h3-6H,7-10H2,1-2H3,(H,21,24)(H2,18,19,20). The normalized spacial score (nSPS) is 15.0. The van der Waals surface area contributed by atoms with E-state index in [-0.39, 0.29) is 25.0 Å². The highest BCUT2D eigenvalue weighted by Gasteiger charge is 2.27. The Morgan fingerprint density at radius 2 is 2.12 bits per heavy atom. The Morgan fingerprint density at radius 3 is 2.80 bits per heavy atom. The third kappa shape index (κ3) is 3.57. The summed E-state index contributed by atoms with van der Waals surface area (Å²) >= 11 is 0. The fourth-order valence-electron chi connectivity index (χ4n) is 2.75. The smallest absolute Gasteiger partial charge is 0.324 e. The number of imide groups is 1. The zero-order valence-electron chi connectivity index (χ0n) is 14.3. The number of amides is 3. The van der Waals surface area contributed by atoms with Gasteiger partial charge in [0, 0.05) is 31.1 Å². The summed E-state index contributed by atoms with van der Waals surface area (Å²) in [5, 5.41) is 9.85. The van der Waals surface area contributed by atoms with E-state index in [1.807, 2.05) is 31.2 Å². The largest absolute Gasteiger partial charge is 0.459 e. The predicted molar refractivity (Wildman–Crippen MR) is 94.3 cm³/mol. The highest BCUT2D eigenvalue weighted by molar-refractivity contribution is 6.01. The fourth-order valence-corrected chi connectivity index (χ4v) is 2.75. The van der Waals surface area contributed by atoms with E-state index < -0.39 is 0 Å². The number of rotatable bonds is 5. The molecule has 1 aromatic heterocycles. The zero-order chi connectivity index (χ0) is 17.8. The van der Waals surface area contributed by atoms with Crippen LogP contribution >= 0.6 is 0 Å². The number of furan rings is 1. The summed E-state index contributed by atoms with van der Waals surface area (Å²) < 4.78 is 5.86. The van der Waals surface area contributed by atoms with Gasteiger partial charge in [0.15, 0.2) is 5.96 Å². The van der Waals surface area contributed by atoms with Crippen LogP contribution in [0.1, 0.15) is 11.3 Å². The van der Waals surface area contributed by atoms with Crippen LogP contribution in [-0.2, 0) is 11.3 Å². The van der Waals surface area contributed by atoms with E-state index in [4.69, 9.17) is 4.42 Å². The minimum atomic E-state index is -0.354. The molecule has 132 valence electrons. The number of hydrogen-bond donors (Lipinski definition) is 3. The third-order valence-corrected chi connectivity index (χ3v) is 4.15. The van der Waals surface area contributed by atoms with Crippen LogP contribution in [0.2, 0.25) is 0 Å². The molecule has 1 aliphatic heterocycles. The minimum absolute atomic E-state index is 0.0666. The van der Waals surface area contributed by atoms with Gasteiger partial charge < -0.3 is 20.4 Å². The number of aryl methyl sites for hydroxylation is 1. The Balaban J connectivity index is 1.53. The SMILES string of the molecule is CN=C(NCCN1C(=O)CNC1=O)NCc1oc2ccccc2c1C. The van der Waals surface area contributed by atoms with Gasteiger partial charge >= 0.3 is 6.03 Å². The van der Waals surface area contributed by atoms with Gasteiger partial charge in [0.1, 0.15) is 11.3 Å². The molecule has 8 heteroatoms. The quantitative estimate of drug-likeness (QED) is 0.427. The van der Waals surface area contributed by atoms with Gasteiger partial charge in [-0.2, -0.15) is 0 Å². The maximum Gasteiger partial charge on any atom is 0.324 e. The topological polar surface area (TPSA) is 99.0 Å². The van der Waals surface area contributed by atoms with Gasteiger partial charge in [0.05, 0.1) is 13.1 Å². The number of guanidine groups is 1. The first-order valence-corrected chi connectivity index (χ1v) is 8.10. The molecule has 3 rings (SSSR count). The number of aliphatic imine (C=N–C) groups is 1. The molecule has 0 radical (unpaired) electrons. The lowest BCUT2D eigenvalue weighted by Crippen LogP contribution is -2.43. The molecule has 0 aliphatic carbocycles. The van der Waals surface area contributed by atoms with Gasteiger partial charge in [-0.15, -0.1) is 0 Å². The van der Waals surface area contributed by atoms with Crippen LogP contribution in [0.5, 0.6) is 0 Å². The van der Waals surface area contributed by atoms with E-state index in [9.17, 15) is 9.59 Å². The van der Waals surface area contributed by atoms with Gasteiger partial charge in [-0.3, -0.25) is 14.7 Å². The second-order valence-electron chi connectivity index (χ2n) is 5.70. The molecule has 1 fully saturated rings. The number of fused-ring (bicyclic) bond motifs is 1. The van der Waals surface area contributed by atoms with Crippen molar-refractivity contribution in [3.8, 4) is 0 Å². The summed E-state index contributed by atoms with van der Waals surface area (Å²) in [5.74, 6) is 1.21. The maximum atomic E-state index is 11.5. The average molecular weight is 343 g/mol. The number of benzene rings is 1. The molecule has 0 spiro atoms. The molecule has 3 N–H and O–H groups in total. The van der Waals surface area contributed by atoms with Crippen molar-refractivity contribution in [2.24, 2.45) is 4.99 Å². The van der Waals surface area contributed by atoms with Crippen LogP contribution < -0.4 is 16.0 Å². The Bertz CT molecular complexity index is 811. The molecule has 25 heavy (non-hydrogen) atoms. The van der Waals surface area contributed by atoms with E-state index >= 15 is 0 Å². The van der Waals surface area contributed by atoms with E-state index in [2.05, 4.69) is 20.9 Å². The molecule has 2 heterocycles. The lowest BCUT2D eigenvalue weighted by atomic mass is 10.1. The second kappa shape index (κ2) is 7.25. The molecule has 0 bridgehead atoms. The van der Waals surface area contributed by atoms with Crippen molar-refractivity contribution >= 4 is 28.9 Å². The molecular weight excluding hydrogens is 322 g/mol. The van der Waals surface area contributed by atoms with Crippen molar-refractivity contribution in [1.29, 1.82) is 0 Å². The zero-order valence-corrected chi connectivity index (χ0v) is 14.3. The Kier molecular flexibility index (Phi) is 4.87. The molecular formula is C17H21N5O3. The van der Waals surface area contributed by atoms with Gasteiger partial charge in [0.25, 0.3) is 0 Å². The number of carbonyl (C=O) groups is 2.